The third-order valence-electron chi connectivity index (χ3n) is 4.46. The highest BCUT2D eigenvalue weighted by Gasteiger charge is 2.35. The Morgan fingerprint density at radius 1 is 1.33 bits per heavy atom. The Hall–Kier alpha value is -0.0851. The van der Waals surface area contributed by atoms with Gasteiger partial charge in [-0.3, -0.25) is 9.69 Å². The van der Waals surface area contributed by atoms with Gasteiger partial charge in [-0.25, -0.2) is 0 Å². The van der Waals surface area contributed by atoms with E-state index >= 15 is 0 Å². The minimum Gasteiger partial charge on any atom is -0.480 e. The number of rotatable bonds is 11. The Morgan fingerprint density at radius 2 is 2.00 bits per heavy atom. The van der Waals surface area contributed by atoms with E-state index in [1.165, 1.54) is 0 Å². The molecule has 10 heteroatoms. The maximum Gasteiger partial charge on any atom is 0.451 e. The van der Waals surface area contributed by atoms with Crippen LogP contribution in [-0.4, -0.2) is 71.5 Å². The van der Waals surface area contributed by atoms with Crippen LogP contribution in [0.1, 0.15) is 38.5 Å². The van der Waals surface area contributed by atoms with Crippen molar-refractivity contribution in [2.45, 2.75) is 56.4 Å². The van der Waals surface area contributed by atoms with Gasteiger partial charge in [0, 0.05) is 19.7 Å². The third-order valence-corrected chi connectivity index (χ3v) is 4.46. The number of carboxylic acids is 1. The Labute approximate surface area is 156 Å². The molecule has 1 saturated heterocycles. The number of nitrogens with two attached hydrogens (primary N) is 1. The van der Waals surface area contributed by atoms with Gasteiger partial charge in [-0.15, -0.1) is 24.8 Å². The molecule has 1 fully saturated rings. The van der Waals surface area contributed by atoms with Crippen molar-refractivity contribution in [2.24, 2.45) is 5.73 Å². The molecule has 2 atom stereocenters. The number of nitrogens with zero attached hydrogens (tertiary/aromatic N) is 1. The van der Waals surface area contributed by atoms with E-state index in [4.69, 9.17) is 20.5 Å². The van der Waals surface area contributed by atoms with E-state index in [9.17, 15) is 9.90 Å². The summed E-state index contributed by atoms with van der Waals surface area (Å²) in [5.74, 6) is -0.987. The van der Waals surface area contributed by atoms with Gasteiger partial charge in [0.1, 0.15) is 5.54 Å². The van der Waals surface area contributed by atoms with Crippen molar-refractivity contribution in [3.8, 4) is 0 Å². The number of likely N-dealkylation sites (tertiary alicyclic amines) is 1. The van der Waals surface area contributed by atoms with Gasteiger partial charge < -0.3 is 25.6 Å². The molecular formula is C14H31BCl2N2O5. The molecule has 0 aromatic carbocycles. The van der Waals surface area contributed by atoms with Crippen molar-refractivity contribution < 1.29 is 24.7 Å². The first-order valence-electron chi connectivity index (χ1n) is 8.00. The van der Waals surface area contributed by atoms with Gasteiger partial charge in [0.15, 0.2) is 0 Å². The molecule has 1 aliphatic rings. The van der Waals surface area contributed by atoms with Crippen LogP contribution in [0, 0.1) is 0 Å². The largest absolute Gasteiger partial charge is 0.480 e. The van der Waals surface area contributed by atoms with Crippen LogP contribution in [0.2, 0.25) is 6.32 Å². The molecule has 144 valence electrons. The van der Waals surface area contributed by atoms with E-state index in [0.29, 0.717) is 44.9 Å². The molecule has 5 N–H and O–H groups in total. The van der Waals surface area contributed by atoms with E-state index < -0.39 is 18.6 Å². The quantitative estimate of drug-likeness (QED) is 0.305. The lowest BCUT2D eigenvalue weighted by atomic mass is 9.81. The van der Waals surface area contributed by atoms with Gasteiger partial charge in [0.2, 0.25) is 0 Å². The zero-order valence-electron chi connectivity index (χ0n) is 14.2. The van der Waals surface area contributed by atoms with Crippen LogP contribution in [0.5, 0.6) is 0 Å². The fourth-order valence-corrected chi connectivity index (χ4v) is 3.02. The summed E-state index contributed by atoms with van der Waals surface area (Å²) >= 11 is 0. The minimum absolute atomic E-state index is 0. The number of halogens is 2. The molecule has 24 heavy (non-hydrogen) atoms. The van der Waals surface area contributed by atoms with Gasteiger partial charge >= 0.3 is 13.1 Å². The number of unbranched alkanes of at least 4 members (excludes halogenated alkanes) is 1. The zero-order valence-corrected chi connectivity index (χ0v) is 15.9. The third kappa shape index (κ3) is 8.85. The van der Waals surface area contributed by atoms with Crippen LogP contribution in [0.3, 0.4) is 0 Å². The zero-order chi connectivity index (χ0) is 16.6. The van der Waals surface area contributed by atoms with Gasteiger partial charge in [0.05, 0.1) is 6.61 Å². The predicted octanol–water partition coefficient (Wildman–Crippen LogP) is 0.756. The van der Waals surface area contributed by atoms with Crippen LogP contribution in [0.15, 0.2) is 0 Å². The van der Waals surface area contributed by atoms with Crippen molar-refractivity contribution >= 4 is 37.9 Å². The molecular weight excluding hydrogens is 358 g/mol. The van der Waals surface area contributed by atoms with Crippen LogP contribution in [-0.2, 0) is 9.53 Å². The fraction of sp³-hybridized carbons (Fsp3) is 0.929. The maximum absolute atomic E-state index is 11.5. The minimum atomic E-state index is -1.34. The highest BCUT2D eigenvalue weighted by Crippen LogP contribution is 2.22. The number of ether oxygens (including phenoxy) is 1. The predicted molar refractivity (Wildman–Crippen MR) is 99.0 cm³/mol. The number of aliphatic carboxylic acids is 1. The molecule has 1 rings (SSSR count). The number of methoxy groups -OCH3 is 1. The first kappa shape index (κ1) is 26.1. The number of carbonyl (C=O) groups is 1. The van der Waals surface area contributed by atoms with Crippen molar-refractivity contribution in [1.82, 2.24) is 4.90 Å². The van der Waals surface area contributed by atoms with E-state index in [0.717, 1.165) is 19.4 Å². The molecule has 1 heterocycles. The Kier molecular flexibility index (Phi) is 14.3. The summed E-state index contributed by atoms with van der Waals surface area (Å²) in [6, 6.07) is 0.354. The number of carboxylic acid groups (broad SMARTS) is 1. The Morgan fingerprint density at radius 3 is 2.54 bits per heavy atom. The molecule has 0 aliphatic carbocycles. The molecule has 7 nitrogen and oxygen atoms in total. The van der Waals surface area contributed by atoms with Crippen molar-refractivity contribution in [1.29, 1.82) is 0 Å². The van der Waals surface area contributed by atoms with Crippen LogP contribution in [0.25, 0.3) is 0 Å². The molecule has 0 radical (unpaired) electrons. The molecule has 0 aromatic heterocycles. The number of hydrogen-bond acceptors (Lipinski definition) is 6. The second kappa shape index (κ2) is 13.2. The summed E-state index contributed by atoms with van der Waals surface area (Å²) in [6.07, 6.45) is 4.29. The Bertz CT molecular complexity index is 355. The fourth-order valence-electron chi connectivity index (χ4n) is 3.02. The average molecular weight is 389 g/mol. The molecule has 0 spiro atoms. The molecule has 0 saturated carbocycles. The van der Waals surface area contributed by atoms with Gasteiger partial charge in [-0.05, 0) is 38.5 Å². The monoisotopic (exact) mass is 388 g/mol. The lowest BCUT2D eigenvalue weighted by molar-refractivity contribution is -0.144. The molecule has 1 aliphatic heterocycles. The Balaban J connectivity index is 0. The lowest BCUT2D eigenvalue weighted by Crippen LogP contribution is -2.50. The second-order valence-corrected chi connectivity index (χ2v) is 6.23. The lowest BCUT2D eigenvalue weighted by Gasteiger charge is -2.30. The first-order valence-corrected chi connectivity index (χ1v) is 8.00. The molecule has 0 aromatic rings. The topological polar surface area (TPSA) is 116 Å². The summed E-state index contributed by atoms with van der Waals surface area (Å²) in [5.41, 5.74) is 4.82. The summed E-state index contributed by atoms with van der Waals surface area (Å²) < 4.78 is 5.20. The van der Waals surface area contributed by atoms with Crippen LogP contribution in [0.4, 0.5) is 0 Å². The first-order chi connectivity index (χ1) is 10.4. The molecule has 0 bridgehead atoms. The summed E-state index contributed by atoms with van der Waals surface area (Å²) in [7, 11) is 0.340. The maximum atomic E-state index is 11.5. The van der Waals surface area contributed by atoms with Gasteiger partial charge in [-0.2, -0.15) is 0 Å². The second-order valence-electron chi connectivity index (χ2n) is 6.23. The van der Waals surface area contributed by atoms with E-state index in [1.54, 1.807) is 7.11 Å². The average Bonchev–Trinajstić information content (AvgIpc) is 2.89. The smallest absolute Gasteiger partial charge is 0.451 e. The van der Waals surface area contributed by atoms with Crippen molar-refractivity contribution in [3.63, 3.8) is 0 Å². The van der Waals surface area contributed by atoms with Crippen molar-refractivity contribution in [2.75, 3.05) is 26.8 Å². The van der Waals surface area contributed by atoms with Gasteiger partial charge in [-0.1, -0.05) is 12.8 Å². The van der Waals surface area contributed by atoms with Gasteiger partial charge in [0.25, 0.3) is 0 Å². The van der Waals surface area contributed by atoms with Crippen molar-refractivity contribution in [3.05, 3.63) is 0 Å². The van der Waals surface area contributed by atoms with Crippen LogP contribution < -0.4 is 5.73 Å². The highest BCUT2D eigenvalue weighted by molar-refractivity contribution is 6.40. The van der Waals surface area contributed by atoms with E-state index in [-0.39, 0.29) is 31.1 Å². The molecule has 0 unspecified atom stereocenters. The normalized spacial score (nSPS) is 19.9. The summed E-state index contributed by atoms with van der Waals surface area (Å²) in [4.78, 5) is 13.7. The van der Waals surface area contributed by atoms with E-state index in [1.807, 2.05) is 0 Å². The summed E-state index contributed by atoms with van der Waals surface area (Å²) in [5, 5.41) is 27.0. The van der Waals surface area contributed by atoms with E-state index in [2.05, 4.69) is 4.90 Å². The summed E-state index contributed by atoms with van der Waals surface area (Å²) in [6.45, 7) is 2.28. The number of hydrogen-bond donors (Lipinski definition) is 4. The highest BCUT2D eigenvalue weighted by atomic mass is 35.5. The standard InChI is InChI=1S/C14H29BN2O5.2ClH/c1-22-11-12-5-4-9-17(12)10-7-14(16,13(18)19)6-2-3-8-15(20)21;;/h12,20-21H,2-11,16H2,1H3,(H,18,19);2*1H/t12-,14-;;/m1../s1. The SMILES string of the molecule is COC[C@H]1CCCN1CC[C@](N)(CCCCB(O)O)C(=O)O.Cl.Cl. The molecule has 0 amide bonds. The van der Waals surface area contributed by atoms with Crippen LogP contribution >= 0.6 is 24.8 Å².